The number of anilines is 1. The molecule has 2 aliphatic heterocycles. The van der Waals surface area contributed by atoms with Crippen LogP contribution in [0.2, 0.25) is 0 Å². The number of nitrogens with one attached hydrogen (secondary N) is 2. The van der Waals surface area contributed by atoms with Crippen molar-refractivity contribution >= 4 is 22.6 Å². The third-order valence-electron chi connectivity index (χ3n) is 6.65. The van der Waals surface area contributed by atoms with Gasteiger partial charge < -0.3 is 20.1 Å². The Labute approximate surface area is 182 Å². The third-order valence-corrected chi connectivity index (χ3v) is 6.65. The van der Waals surface area contributed by atoms with Crippen molar-refractivity contribution in [2.75, 3.05) is 32.5 Å². The fourth-order valence-corrected chi connectivity index (χ4v) is 4.98. The molecule has 2 N–H and O–H groups in total. The van der Waals surface area contributed by atoms with E-state index in [1.165, 1.54) is 5.56 Å². The molecule has 1 atom stereocenters. The molecule has 5 rings (SSSR count). The summed E-state index contributed by atoms with van der Waals surface area (Å²) in [6.45, 7) is 2.61. The summed E-state index contributed by atoms with van der Waals surface area (Å²) in [6, 6.07) is 8.09. The number of likely N-dealkylation sites (tertiary alicyclic amines) is 1. The molecular weight excluding hydrogens is 388 g/mol. The van der Waals surface area contributed by atoms with Gasteiger partial charge in [0.1, 0.15) is 5.82 Å². The van der Waals surface area contributed by atoms with E-state index in [0.29, 0.717) is 6.42 Å². The number of carbonyl (C=O) groups excluding carboxylic acids is 1. The smallest absolute Gasteiger partial charge is 0.227 e. The number of likely N-dealkylation sites (N-methyl/N-ethyl adjacent to an activating group) is 1. The summed E-state index contributed by atoms with van der Waals surface area (Å²) in [6.07, 6.45) is 6.35. The Balaban J connectivity index is 1.44. The summed E-state index contributed by atoms with van der Waals surface area (Å²) < 4.78 is 0. The molecule has 162 valence electrons. The van der Waals surface area contributed by atoms with E-state index in [9.17, 15) is 4.79 Å². The van der Waals surface area contributed by atoms with Crippen LogP contribution in [0.1, 0.15) is 47.9 Å². The van der Waals surface area contributed by atoms with E-state index in [-0.39, 0.29) is 11.9 Å². The summed E-state index contributed by atoms with van der Waals surface area (Å²) in [4.78, 5) is 30.9. The predicted octanol–water partition coefficient (Wildman–Crippen LogP) is 3.28. The minimum Gasteiger partial charge on any atom is -0.373 e. The molecule has 3 aromatic rings. The molecule has 0 bridgehead atoms. The molecule has 2 aromatic heterocycles. The van der Waals surface area contributed by atoms with Crippen LogP contribution in [0.3, 0.4) is 0 Å². The zero-order chi connectivity index (χ0) is 21.4. The largest absolute Gasteiger partial charge is 0.373 e. The van der Waals surface area contributed by atoms with Crippen molar-refractivity contribution in [2.24, 2.45) is 0 Å². The monoisotopic (exact) mass is 418 g/mol. The Hall–Kier alpha value is -2.93. The highest BCUT2D eigenvalue weighted by Gasteiger charge is 2.32. The number of piperidine rings is 1. The van der Waals surface area contributed by atoms with Gasteiger partial charge in [-0.1, -0.05) is 18.2 Å². The van der Waals surface area contributed by atoms with Crippen molar-refractivity contribution in [1.82, 2.24) is 24.8 Å². The molecule has 0 spiro atoms. The molecule has 7 heteroatoms. The highest BCUT2D eigenvalue weighted by atomic mass is 16.2. The second-order valence-electron chi connectivity index (χ2n) is 8.73. The lowest BCUT2D eigenvalue weighted by atomic mass is 9.98. The van der Waals surface area contributed by atoms with Gasteiger partial charge in [0.2, 0.25) is 5.91 Å². The van der Waals surface area contributed by atoms with Crippen molar-refractivity contribution in [3.8, 4) is 0 Å². The van der Waals surface area contributed by atoms with E-state index < -0.39 is 0 Å². The Kier molecular flexibility index (Phi) is 5.36. The number of benzene rings is 1. The highest BCUT2D eigenvalue weighted by Crippen LogP contribution is 2.33. The third kappa shape index (κ3) is 3.78. The standard InChI is InChI=1S/C24H30N6O/c1-25-23-18-10-12-29(2)15-20(18)27-24(28-23)21-9-5-6-11-30(21)22(31)13-16-14-26-19-8-4-3-7-17(16)19/h3-4,7-8,14,21,26H,5-6,9-13,15H2,1-2H3,(H,25,27,28). The quantitative estimate of drug-likeness (QED) is 0.680. The minimum atomic E-state index is -0.0592. The zero-order valence-corrected chi connectivity index (χ0v) is 18.3. The molecule has 0 radical (unpaired) electrons. The summed E-state index contributed by atoms with van der Waals surface area (Å²) in [5, 5.41) is 4.39. The van der Waals surface area contributed by atoms with E-state index in [0.717, 1.165) is 79.1 Å². The molecule has 1 unspecified atom stereocenters. The van der Waals surface area contributed by atoms with Gasteiger partial charge in [-0.05, 0) is 44.4 Å². The van der Waals surface area contributed by atoms with Gasteiger partial charge in [0.25, 0.3) is 0 Å². The zero-order valence-electron chi connectivity index (χ0n) is 18.3. The number of nitrogens with zero attached hydrogens (tertiary/aromatic N) is 4. The molecule has 1 fully saturated rings. The number of aromatic amines is 1. The van der Waals surface area contributed by atoms with Gasteiger partial charge in [0, 0.05) is 49.3 Å². The molecule has 0 saturated carbocycles. The number of hydrogen-bond acceptors (Lipinski definition) is 5. The van der Waals surface area contributed by atoms with E-state index in [4.69, 9.17) is 9.97 Å². The molecule has 7 nitrogen and oxygen atoms in total. The van der Waals surface area contributed by atoms with Gasteiger partial charge in [-0.3, -0.25) is 4.79 Å². The van der Waals surface area contributed by atoms with Crippen molar-refractivity contribution in [1.29, 1.82) is 0 Å². The maximum atomic E-state index is 13.4. The van der Waals surface area contributed by atoms with Crippen molar-refractivity contribution < 1.29 is 4.79 Å². The fraction of sp³-hybridized carbons (Fsp3) is 0.458. The highest BCUT2D eigenvalue weighted by molar-refractivity contribution is 5.89. The molecule has 4 heterocycles. The second-order valence-corrected chi connectivity index (χ2v) is 8.73. The van der Waals surface area contributed by atoms with Gasteiger partial charge in [0.15, 0.2) is 5.82 Å². The number of hydrogen-bond donors (Lipinski definition) is 2. The number of aromatic nitrogens is 3. The number of H-pyrrole nitrogens is 1. The second kappa shape index (κ2) is 8.30. The van der Waals surface area contributed by atoms with Gasteiger partial charge in [0.05, 0.1) is 18.2 Å². The van der Waals surface area contributed by atoms with Crippen LogP contribution in [-0.4, -0.2) is 57.8 Å². The average Bonchev–Trinajstić information content (AvgIpc) is 3.20. The van der Waals surface area contributed by atoms with Crippen LogP contribution in [0.25, 0.3) is 10.9 Å². The maximum Gasteiger partial charge on any atom is 0.227 e. The van der Waals surface area contributed by atoms with Crippen molar-refractivity contribution in [3.05, 3.63) is 53.1 Å². The molecule has 0 aliphatic carbocycles. The van der Waals surface area contributed by atoms with Crippen LogP contribution in [0.5, 0.6) is 0 Å². The summed E-state index contributed by atoms with van der Waals surface area (Å²) in [7, 11) is 4.05. The lowest BCUT2D eigenvalue weighted by Crippen LogP contribution is -2.40. The topological polar surface area (TPSA) is 77.1 Å². The Morgan fingerprint density at radius 1 is 1.23 bits per heavy atom. The first-order valence-corrected chi connectivity index (χ1v) is 11.2. The normalized spacial score (nSPS) is 19.4. The molecule has 1 amide bonds. The first kappa shape index (κ1) is 20.0. The van der Waals surface area contributed by atoms with Gasteiger partial charge in [-0.2, -0.15) is 0 Å². The molecule has 31 heavy (non-hydrogen) atoms. The average molecular weight is 419 g/mol. The molecular formula is C24H30N6O. The van der Waals surface area contributed by atoms with Crippen LogP contribution >= 0.6 is 0 Å². The van der Waals surface area contributed by atoms with Crippen LogP contribution in [0.15, 0.2) is 30.5 Å². The lowest BCUT2D eigenvalue weighted by Gasteiger charge is -2.36. The minimum absolute atomic E-state index is 0.0592. The molecule has 2 aliphatic rings. The number of amides is 1. The first-order valence-electron chi connectivity index (χ1n) is 11.2. The summed E-state index contributed by atoms with van der Waals surface area (Å²) in [5.41, 5.74) is 4.43. The van der Waals surface area contributed by atoms with Crippen LogP contribution < -0.4 is 5.32 Å². The van der Waals surface area contributed by atoms with E-state index in [1.807, 2.05) is 36.3 Å². The first-order chi connectivity index (χ1) is 15.1. The van der Waals surface area contributed by atoms with Gasteiger partial charge in [-0.15, -0.1) is 0 Å². The number of para-hydroxylation sites is 1. The van der Waals surface area contributed by atoms with E-state index in [1.54, 1.807) is 0 Å². The maximum absolute atomic E-state index is 13.4. The number of carbonyl (C=O) groups is 1. The Morgan fingerprint density at radius 3 is 2.97 bits per heavy atom. The van der Waals surface area contributed by atoms with Crippen molar-refractivity contribution in [3.63, 3.8) is 0 Å². The Bertz CT molecular complexity index is 1110. The van der Waals surface area contributed by atoms with E-state index in [2.05, 4.69) is 28.3 Å². The van der Waals surface area contributed by atoms with Gasteiger partial charge in [-0.25, -0.2) is 9.97 Å². The summed E-state index contributed by atoms with van der Waals surface area (Å²) >= 11 is 0. The summed E-state index contributed by atoms with van der Waals surface area (Å²) in [5.74, 6) is 1.85. The fourth-order valence-electron chi connectivity index (χ4n) is 4.98. The molecule has 1 aromatic carbocycles. The molecule has 1 saturated heterocycles. The van der Waals surface area contributed by atoms with Crippen LogP contribution in [0.4, 0.5) is 5.82 Å². The SMILES string of the molecule is CNc1nc(C2CCCCN2C(=O)Cc2c[nH]c3ccccc23)nc2c1CCN(C)C2. The van der Waals surface area contributed by atoms with Crippen LogP contribution in [-0.2, 0) is 24.2 Å². The predicted molar refractivity (Wildman–Crippen MR) is 122 cm³/mol. The number of fused-ring (bicyclic) bond motifs is 2. The number of rotatable bonds is 4. The van der Waals surface area contributed by atoms with Crippen LogP contribution in [0, 0.1) is 0 Å². The van der Waals surface area contributed by atoms with Crippen molar-refractivity contribution in [2.45, 2.75) is 44.7 Å². The lowest BCUT2D eigenvalue weighted by molar-refractivity contribution is -0.134. The van der Waals surface area contributed by atoms with Gasteiger partial charge >= 0.3 is 0 Å². The van der Waals surface area contributed by atoms with E-state index >= 15 is 0 Å². The Morgan fingerprint density at radius 2 is 2.10 bits per heavy atom.